The van der Waals surface area contributed by atoms with Gasteiger partial charge in [0.05, 0.1) is 7.11 Å². The van der Waals surface area contributed by atoms with E-state index in [9.17, 15) is 4.79 Å². The van der Waals surface area contributed by atoms with Crippen LogP contribution in [0.15, 0.2) is 42.5 Å². The Balaban J connectivity index is 1.50. The second kappa shape index (κ2) is 6.87. The predicted octanol–water partition coefficient (Wildman–Crippen LogP) is 4.23. The Bertz CT molecular complexity index is 941. The van der Waals surface area contributed by atoms with Crippen molar-refractivity contribution >= 4 is 16.8 Å². The average Bonchev–Trinajstić information content (AvgIpc) is 3.03. The van der Waals surface area contributed by atoms with Crippen LogP contribution in [0, 0.1) is 5.92 Å². The summed E-state index contributed by atoms with van der Waals surface area (Å²) in [7, 11) is 1.62. The summed E-state index contributed by atoms with van der Waals surface area (Å²) in [4.78, 5) is 15.9. The van der Waals surface area contributed by atoms with Crippen molar-refractivity contribution in [3.05, 3.63) is 64.8 Å². The number of hydrogen-bond acceptors (Lipinski definition) is 2. The fraction of sp³-hybridized carbons (Fsp3) is 0.318. The first-order valence-corrected chi connectivity index (χ1v) is 9.18. The number of benzene rings is 2. The molecule has 1 aliphatic rings. The average molecular weight is 348 g/mol. The number of amides is 1. The molecule has 0 saturated carbocycles. The minimum absolute atomic E-state index is 0.0718. The first kappa shape index (κ1) is 16.7. The molecule has 1 aliphatic carbocycles. The summed E-state index contributed by atoms with van der Waals surface area (Å²) in [5.74, 6) is 1.41. The third-order valence-corrected chi connectivity index (χ3v) is 5.30. The molecular weight excluding hydrogens is 324 g/mol. The summed E-state index contributed by atoms with van der Waals surface area (Å²) in [6, 6.07) is 13.6. The van der Waals surface area contributed by atoms with E-state index in [1.165, 1.54) is 28.6 Å². The van der Waals surface area contributed by atoms with Crippen molar-refractivity contribution in [2.24, 2.45) is 5.92 Å². The van der Waals surface area contributed by atoms with Gasteiger partial charge < -0.3 is 15.0 Å². The van der Waals surface area contributed by atoms with Gasteiger partial charge in [-0.2, -0.15) is 0 Å². The summed E-state index contributed by atoms with van der Waals surface area (Å²) in [6.45, 7) is 2.84. The summed E-state index contributed by atoms with van der Waals surface area (Å²) in [5.41, 5.74) is 5.81. The van der Waals surface area contributed by atoms with Crippen LogP contribution in [0.4, 0.5) is 0 Å². The van der Waals surface area contributed by atoms with E-state index in [0.717, 1.165) is 30.1 Å². The van der Waals surface area contributed by atoms with Gasteiger partial charge >= 0.3 is 0 Å². The van der Waals surface area contributed by atoms with E-state index in [0.29, 0.717) is 12.1 Å². The van der Waals surface area contributed by atoms with Gasteiger partial charge in [0.1, 0.15) is 5.75 Å². The highest BCUT2D eigenvalue weighted by atomic mass is 16.5. The smallest absolute Gasteiger partial charge is 0.251 e. The van der Waals surface area contributed by atoms with Crippen molar-refractivity contribution in [1.82, 2.24) is 10.3 Å². The number of aryl methyl sites for hydroxylation is 1. The van der Waals surface area contributed by atoms with Crippen LogP contribution in [-0.4, -0.2) is 18.0 Å². The largest absolute Gasteiger partial charge is 0.497 e. The molecule has 1 unspecified atom stereocenters. The Hall–Kier alpha value is -2.75. The summed E-state index contributed by atoms with van der Waals surface area (Å²) >= 11 is 0. The number of aromatic nitrogens is 1. The lowest BCUT2D eigenvalue weighted by molar-refractivity contribution is 0.0951. The van der Waals surface area contributed by atoms with Gasteiger partial charge in [0, 0.05) is 28.7 Å². The van der Waals surface area contributed by atoms with Crippen LogP contribution in [0.5, 0.6) is 5.75 Å². The topological polar surface area (TPSA) is 54.1 Å². The molecule has 2 N–H and O–H groups in total. The van der Waals surface area contributed by atoms with Gasteiger partial charge in [-0.3, -0.25) is 4.79 Å². The molecule has 4 rings (SSSR count). The van der Waals surface area contributed by atoms with Gasteiger partial charge in [0.2, 0.25) is 0 Å². The highest BCUT2D eigenvalue weighted by Gasteiger charge is 2.19. The molecular formula is C22H24N2O2. The number of methoxy groups -OCH3 is 1. The lowest BCUT2D eigenvalue weighted by Gasteiger charge is -2.18. The molecule has 4 heteroatoms. The zero-order valence-corrected chi connectivity index (χ0v) is 15.3. The van der Waals surface area contributed by atoms with Gasteiger partial charge in [0.15, 0.2) is 0 Å². The number of rotatable bonds is 4. The molecule has 0 fully saturated rings. The Morgan fingerprint density at radius 1 is 1.23 bits per heavy atom. The first-order chi connectivity index (χ1) is 12.6. The van der Waals surface area contributed by atoms with Crippen LogP contribution in [0.25, 0.3) is 10.9 Å². The molecule has 1 aromatic heterocycles. The lowest BCUT2D eigenvalue weighted by Crippen LogP contribution is -2.22. The van der Waals surface area contributed by atoms with Crippen LogP contribution in [0.2, 0.25) is 0 Å². The molecule has 1 atom stereocenters. The maximum atomic E-state index is 12.3. The van der Waals surface area contributed by atoms with Crippen molar-refractivity contribution in [3.8, 4) is 5.75 Å². The minimum Gasteiger partial charge on any atom is -0.497 e. The molecule has 1 heterocycles. The first-order valence-electron chi connectivity index (χ1n) is 9.18. The van der Waals surface area contributed by atoms with Gasteiger partial charge in [-0.05, 0) is 72.7 Å². The number of nitrogens with one attached hydrogen (secondary N) is 2. The number of hydrogen-bond donors (Lipinski definition) is 2. The van der Waals surface area contributed by atoms with E-state index in [4.69, 9.17) is 4.74 Å². The van der Waals surface area contributed by atoms with Crippen molar-refractivity contribution < 1.29 is 9.53 Å². The fourth-order valence-electron chi connectivity index (χ4n) is 3.78. The zero-order chi connectivity index (χ0) is 18.1. The predicted molar refractivity (Wildman–Crippen MR) is 104 cm³/mol. The van der Waals surface area contributed by atoms with E-state index >= 15 is 0 Å². The SMILES string of the molecule is COc1ccc(C(=O)NCc2ccc3[nH]c4c(c3c2)CC(C)CC4)cc1. The van der Waals surface area contributed by atoms with E-state index < -0.39 is 0 Å². The van der Waals surface area contributed by atoms with Crippen LogP contribution in [-0.2, 0) is 19.4 Å². The van der Waals surface area contributed by atoms with E-state index in [-0.39, 0.29) is 5.91 Å². The Labute approximate surface area is 153 Å². The van der Waals surface area contributed by atoms with Crippen molar-refractivity contribution in [2.75, 3.05) is 7.11 Å². The second-order valence-electron chi connectivity index (χ2n) is 7.22. The number of carbonyl (C=O) groups is 1. The Kier molecular flexibility index (Phi) is 4.41. The van der Waals surface area contributed by atoms with Crippen LogP contribution < -0.4 is 10.1 Å². The third kappa shape index (κ3) is 3.19. The quantitative estimate of drug-likeness (QED) is 0.741. The molecule has 0 radical (unpaired) electrons. The van der Waals surface area contributed by atoms with Gasteiger partial charge in [-0.15, -0.1) is 0 Å². The van der Waals surface area contributed by atoms with Crippen molar-refractivity contribution in [3.63, 3.8) is 0 Å². The monoisotopic (exact) mass is 348 g/mol. The summed E-state index contributed by atoms with van der Waals surface area (Å²) < 4.78 is 5.13. The second-order valence-corrected chi connectivity index (χ2v) is 7.22. The zero-order valence-electron chi connectivity index (χ0n) is 15.3. The number of H-pyrrole nitrogens is 1. The number of aromatic amines is 1. The fourth-order valence-corrected chi connectivity index (χ4v) is 3.78. The third-order valence-electron chi connectivity index (χ3n) is 5.30. The van der Waals surface area contributed by atoms with E-state index in [1.54, 1.807) is 31.4 Å². The molecule has 26 heavy (non-hydrogen) atoms. The molecule has 3 aromatic rings. The molecule has 0 bridgehead atoms. The highest BCUT2D eigenvalue weighted by Crippen LogP contribution is 2.32. The van der Waals surface area contributed by atoms with E-state index in [2.05, 4.69) is 35.4 Å². The minimum atomic E-state index is -0.0718. The standard InChI is InChI=1S/C22H24N2O2/c1-14-3-9-20-18(11-14)19-12-15(4-10-21(19)24-20)13-23-22(25)16-5-7-17(26-2)8-6-16/h4-8,10,12,14,24H,3,9,11,13H2,1-2H3,(H,23,25). The van der Waals surface area contributed by atoms with E-state index in [1.807, 2.05) is 0 Å². The van der Waals surface area contributed by atoms with Gasteiger partial charge in [-0.25, -0.2) is 0 Å². The Morgan fingerprint density at radius 3 is 2.81 bits per heavy atom. The highest BCUT2D eigenvalue weighted by molar-refractivity contribution is 5.94. The van der Waals surface area contributed by atoms with Crippen LogP contribution >= 0.6 is 0 Å². The van der Waals surface area contributed by atoms with Gasteiger partial charge in [0.25, 0.3) is 5.91 Å². The van der Waals surface area contributed by atoms with Gasteiger partial charge in [-0.1, -0.05) is 13.0 Å². The molecule has 0 aliphatic heterocycles. The molecule has 4 nitrogen and oxygen atoms in total. The molecule has 0 spiro atoms. The molecule has 0 saturated heterocycles. The number of ether oxygens (including phenoxy) is 1. The molecule has 1 amide bonds. The lowest BCUT2D eigenvalue weighted by atomic mass is 9.87. The van der Waals surface area contributed by atoms with Crippen molar-refractivity contribution in [2.45, 2.75) is 32.7 Å². The maximum Gasteiger partial charge on any atom is 0.251 e. The number of carbonyl (C=O) groups excluding carboxylic acids is 1. The Morgan fingerprint density at radius 2 is 2.04 bits per heavy atom. The number of fused-ring (bicyclic) bond motifs is 3. The maximum absolute atomic E-state index is 12.3. The summed E-state index contributed by atoms with van der Waals surface area (Å²) in [6.07, 6.45) is 3.52. The normalized spacial score (nSPS) is 16.3. The van der Waals surface area contributed by atoms with Crippen LogP contribution in [0.1, 0.15) is 40.5 Å². The molecule has 134 valence electrons. The molecule has 2 aromatic carbocycles. The van der Waals surface area contributed by atoms with Crippen molar-refractivity contribution in [1.29, 1.82) is 0 Å². The summed E-state index contributed by atoms with van der Waals surface area (Å²) in [5, 5.41) is 4.32. The van der Waals surface area contributed by atoms with Crippen LogP contribution in [0.3, 0.4) is 0 Å².